The van der Waals surface area contributed by atoms with Crippen LogP contribution in [0.1, 0.15) is 24.1 Å². The molecule has 0 saturated carbocycles. The van der Waals surface area contributed by atoms with E-state index in [1.807, 2.05) is 6.92 Å². The van der Waals surface area contributed by atoms with E-state index in [2.05, 4.69) is 10.2 Å². The van der Waals surface area contributed by atoms with Gasteiger partial charge in [-0.3, -0.25) is 5.10 Å². The quantitative estimate of drug-likeness (QED) is 0.732. The normalized spacial score (nSPS) is 23.4. The first kappa shape index (κ1) is 9.67. The fourth-order valence-corrected chi connectivity index (χ4v) is 2.65. The van der Waals surface area contributed by atoms with Gasteiger partial charge >= 0.3 is 0 Å². The summed E-state index contributed by atoms with van der Waals surface area (Å²) in [4.78, 5) is 0. The van der Waals surface area contributed by atoms with Crippen molar-refractivity contribution in [3.05, 3.63) is 17.5 Å². The molecule has 0 fully saturated rings. The summed E-state index contributed by atoms with van der Waals surface area (Å²) in [6.45, 7) is 2.97. The zero-order valence-corrected chi connectivity index (χ0v) is 9.00. The van der Waals surface area contributed by atoms with Crippen LogP contribution in [-0.2, 0) is 16.6 Å². The highest BCUT2D eigenvalue weighted by atomic mass is 32.2. The van der Waals surface area contributed by atoms with Crippen LogP contribution >= 0.6 is 0 Å². The van der Waals surface area contributed by atoms with Crippen molar-refractivity contribution in [2.75, 3.05) is 12.8 Å². The van der Waals surface area contributed by atoms with Crippen LogP contribution < -0.4 is 0 Å². The van der Waals surface area contributed by atoms with E-state index < -0.39 is 10.0 Å². The average Bonchev–Trinajstić information content (AvgIpc) is 2.50. The number of hydrogen-bond acceptors (Lipinski definition) is 3. The summed E-state index contributed by atoms with van der Waals surface area (Å²) in [5.74, 6) is 0.191. The molecule has 1 atom stereocenters. The number of rotatable bonds is 1. The lowest BCUT2D eigenvalue weighted by molar-refractivity contribution is 0.364. The van der Waals surface area contributed by atoms with Crippen LogP contribution in [0.3, 0.4) is 0 Å². The molecule has 0 radical (unpaired) electrons. The summed E-state index contributed by atoms with van der Waals surface area (Å²) in [5.41, 5.74) is 2.04. The highest BCUT2D eigenvalue weighted by molar-refractivity contribution is 7.88. The predicted octanol–water partition coefficient (Wildman–Crippen LogP) is 0.288. The van der Waals surface area contributed by atoms with Crippen LogP contribution in [0.15, 0.2) is 6.20 Å². The zero-order chi connectivity index (χ0) is 10.3. The molecule has 0 amide bonds. The molecule has 0 aliphatic carbocycles. The molecule has 2 rings (SSSR count). The van der Waals surface area contributed by atoms with E-state index in [4.69, 9.17) is 0 Å². The molecule has 1 aromatic rings. The Hall–Kier alpha value is -0.880. The summed E-state index contributed by atoms with van der Waals surface area (Å²) in [7, 11) is -3.09. The van der Waals surface area contributed by atoms with Crippen molar-refractivity contribution in [1.82, 2.24) is 14.5 Å². The molecule has 0 bridgehead atoms. The SMILES string of the molecule is CC1CN(S(C)(=O)=O)Cc2cn[nH]c21. The Balaban J connectivity index is 2.35. The minimum Gasteiger partial charge on any atom is -0.282 e. The molecule has 6 heteroatoms. The van der Waals surface area contributed by atoms with Gasteiger partial charge in [0.25, 0.3) is 0 Å². The predicted molar refractivity (Wildman–Crippen MR) is 52.3 cm³/mol. The van der Waals surface area contributed by atoms with E-state index in [9.17, 15) is 8.42 Å². The average molecular weight is 215 g/mol. The maximum Gasteiger partial charge on any atom is 0.211 e. The molecule has 0 spiro atoms. The van der Waals surface area contributed by atoms with Gasteiger partial charge in [-0.05, 0) is 0 Å². The van der Waals surface area contributed by atoms with Gasteiger partial charge in [0.05, 0.1) is 12.5 Å². The first-order chi connectivity index (χ1) is 6.48. The number of aromatic amines is 1. The van der Waals surface area contributed by atoms with Gasteiger partial charge in [-0.15, -0.1) is 0 Å². The summed E-state index contributed by atoms with van der Waals surface area (Å²) in [6.07, 6.45) is 2.94. The minimum absolute atomic E-state index is 0.191. The summed E-state index contributed by atoms with van der Waals surface area (Å²) < 4.78 is 24.2. The summed E-state index contributed by atoms with van der Waals surface area (Å²) in [6, 6.07) is 0. The second kappa shape index (κ2) is 3.06. The van der Waals surface area contributed by atoms with Crippen LogP contribution in [0.5, 0.6) is 0 Å². The third-order valence-electron chi connectivity index (χ3n) is 2.54. The fraction of sp³-hybridized carbons (Fsp3) is 0.625. The molecule has 1 aliphatic heterocycles. The van der Waals surface area contributed by atoms with Crippen LogP contribution in [-0.4, -0.2) is 35.7 Å². The Morgan fingerprint density at radius 1 is 1.64 bits per heavy atom. The number of hydrogen-bond donors (Lipinski definition) is 1. The topological polar surface area (TPSA) is 66.1 Å². The van der Waals surface area contributed by atoms with Crippen LogP contribution in [0.2, 0.25) is 0 Å². The van der Waals surface area contributed by atoms with Gasteiger partial charge in [0, 0.05) is 30.3 Å². The zero-order valence-electron chi connectivity index (χ0n) is 8.19. The molecule has 1 unspecified atom stereocenters. The molecule has 5 nitrogen and oxygen atoms in total. The number of H-pyrrole nitrogens is 1. The molecule has 78 valence electrons. The number of nitrogens with zero attached hydrogens (tertiary/aromatic N) is 2. The van der Waals surface area contributed by atoms with Gasteiger partial charge in [-0.25, -0.2) is 8.42 Å². The van der Waals surface area contributed by atoms with E-state index in [0.29, 0.717) is 13.1 Å². The van der Waals surface area contributed by atoms with Crippen molar-refractivity contribution in [2.24, 2.45) is 0 Å². The molecule has 1 aliphatic rings. The number of fused-ring (bicyclic) bond motifs is 1. The van der Waals surface area contributed by atoms with E-state index in [-0.39, 0.29) is 5.92 Å². The van der Waals surface area contributed by atoms with E-state index in [1.54, 1.807) is 6.20 Å². The first-order valence-electron chi connectivity index (χ1n) is 4.45. The van der Waals surface area contributed by atoms with Crippen molar-refractivity contribution >= 4 is 10.0 Å². The lowest BCUT2D eigenvalue weighted by Gasteiger charge is -2.28. The molecule has 1 aromatic heterocycles. The number of sulfonamides is 1. The maximum atomic E-state index is 11.4. The van der Waals surface area contributed by atoms with Crippen LogP contribution in [0.25, 0.3) is 0 Å². The number of nitrogens with one attached hydrogen (secondary N) is 1. The third kappa shape index (κ3) is 1.55. The Kier molecular flexibility index (Phi) is 2.11. The first-order valence-corrected chi connectivity index (χ1v) is 6.30. The van der Waals surface area contributed by atoms with Crippen molar-refractivity contribution in [3.63, 3.8) is 0 Å². The van der Waals surface area contributed by atoms with Gasteiger partial charge in [0.15, 0.2) is 0 Å². The van der Waals surface area contributed by atoms with E-state index in [0.717, 1.165) is 11.3 Å². The van der Waals surface area contributed by atoms with E-state index in [1.165, 1.54) is 10.6 Å². The molecule has 0 saturated heterocycles. The molecular weight excluding hydrogens is 202 g/mol. The monoisotopic (exact) mass is 215 g/mol. The molecular formula is C8H13N3O2S. The second-order valence-electron chi connectivity index (χ2n) is 3.77. The van der Waals surface area contributed by atoms with Crippen molar-refractivity contribution < 1.29 is 8.42 Å². The molecule has 2 heterocycles. The molecule has 14 heavy (non-hydrogen) atoms. The summed E-state index contributed by atoms with van der Waals surface area (Å²) in [5, 5.41) is 6.83. The second-order valence-corrected chi connectivity index (χ2v) is 5.75. The number of aromatic nitrogens is 2. The van der Waals surface area contributed by atoms with Crippen molar-refractivity contribution in [2.45, 2.75) is 19.4 Å². The lowest BCUT2D eigenvalue weighted by Crippen LogP contribution is -2.36. The van der Waals surface area contributed by atoms with Gasteiger partial charge in [-0.2, -0.15) is 9.40 Å². The smallest absolute Gasteiger partial charge is 0.211 e. The molecule has 1 N–H and O–H groups in total. The van der Waals surface area contributed by atoms with Gasteiger partial charge < -0.3 is 0 Å². The summed E-state index contributed by atoms with van der Waals surface area (Å²) >= 11 is 0. The highest BCUT2D eigenvalue weighted by Gasteiger charge is 2.28. The lowest BCUT2D eigenvalue weighted by atomic mass is 10.0. The Bertz CT molecular complexity index is 437. The van der Waals surface area contributed by atoms with Crippen molar-refractivity contribution in [1.29, 1.82) is 0 Å². The Labute approximate surface area is 83.2 Å². The molecule has 0 aromatic carbocycles. The maximum absolute atomic E-state index is 11.4. The van der Waals surface area contributed by atoms with E-state index >= 15 is 0 Å². The van der Waals surface area contributed by atoms with Crippen LogP contribution in [0.4, 0.5) is 0 Å². The largest absolute Gasteiger partial charge is 0.282 e. The highest BCUT2D eigenvalue weighted by Crippen LogP contribution is 2.26. The van der Waals surface area contributed by atoms with Gasteiger partial charge in [-0.1, -0.05) is 6.92 Å². The fourth-order valence-electron chi connectivity index (χ4n) is 1.78. The third-order valence-corrected chi connectivity index (χ3v) is 3.75. The minimum atomic E-state index is -3.09. The van der Waals surface area contributed by atoms with Gasteiger partial charge in [0.2, 0.25) is 10.0 Å². The van der Waals surface area contributed by atoms with Crippen LogP contribution in [0, 0.1) is 0 Å². The Morgan fingerprint density at radius 3 is 3.00 bits per heavy atom. The Morgan fingerprint density at radius 2 is 2.36 bits per heavy atom. The van der Waals surface area contributed by atoms with Crippen molar-refractivity contribution in [3.8, 4) is 0 Å². The standard InChI is InChI=1S/C8H13N3O2S/c1-6-4-11(14(2,12)13)5-7-3-9-10-8(6)7/h3,6H,4-5H2,1-2H3,(H,9,10). The van der Waals surface area contributed by atoms with Gasteiger partial charge in [0.1, 0.15) is 0 Å².